The monoisotopic (exact) mass is 398 g/mol. The zero-order valence-electron chi connectivity index (χ0n) is 17.5. The van der Waals surface area contributed by atoms with E-state index in [1.807, 2.05) is 42.7 Å². The fraction of sp³-hybridized carbons (Fsp3) is 0.500. The van der Waals surface area contributed by atoms with Crippen LogP contribution < -0.4 is 5.73 Å². The number of unbranched alkanes of at least 4 members (excludes halogenated alkanes) is 2. The molecule has 0 saturated carbocycles. The molecule has 3 aromatic rings. The first-order chi connectivity index (χ1) is 14.0. The molecule has 0 aliphatic heterocycles. The topological polar surface area (TPSA) is 92.3 Å². The van der Waals surface area contributed by atoms with Crippen LogP contribution in [-0.4, -0.2) is 39.8 Å². The van der Waals surface area contributed by atoms with Crippen molar-refractivity contribution < 1.29 is 14.3 Å². The number of aryl methyl sites for hydroxylation is 1. The van der Waals surface area contributed by atoms with Crippen LogP contribution in [-0.2, 0) is 16.0 Å². The molecule has 0 saturated heterocycles. The molecule has 156 valence electrons. The molecular formula is C22H30N4O3. The van der Waals surface area contributed by atoms with Crippen molar-refractivity contribution in [2.75, 3.05) is 18.9 Å². The number of nitrogens with two attached hydrogens (primary N) is 1. The number of ether oxygens (including phenoxy) is 2. The average molecular weight is 399 g/mol. The summed E-state index contributed by atoms with van der Waals surface area (Å²) in [4.78, 5) is 22.2. The van der Waals surface area contributed by atoms with Crippen LogP contribution >= 0.6 is 0 Å². The molecule has 0 bridgehead atoms. The molecule has 2 N–H and O–H groups in total. The fourth-order valence-corrected chi connectivity index (χ4v) is 3.28. The van der Waals surface area contributed by atoms with Crippen molar-refractivity contribution in [1.29, 1.82) is 0 Å². The lowest BCUT2D eigenvalue weighted by molar-refractivity contribution is 0.0501. The molecule has 0 unspecified atom stereocenters. The van der Waals surface area contributed by atoms with Crippen LogP contribution in [0.4, 0.5) is 5.82 Å². The average Bonchev–Trinajstić information content (AvgIpc) is 2.97. The number of hydrogen-bond donors (Lipinski definition) is 1. The number of anilines is 1. The number of hydrogen-bond acceptors (Lipinski definition) is 6. The molecule has 3 rings (SSSR count). The van der Waals surface area contributed by atoms with Gasteiger partial charge >= 0.3 is 5.97 Å². The predicted molar refractivity (Wildman–Crippen MR) is 115 cm³/mol. The molecule has 7 heteroatoms. The minimum atomic E-state index is -0.439. The van der Waals surface area contributed by atoms with Gasteiger partial charge in [-0.1, -0.05) is 31.9 Å². The van der Waals surface area contributed by atoms with Crippen LogP contribution in [0.2, 0.25) is 0 Å². The first-order valence-electron chi connectivity index (χ1n) is 10.4. The van der Waals surface area contributed by atoms with Gasteiger partial charge in [-0.3, -0.25) is 0 Å². The number of rotatable bonds is 10. The number of nitrogen functional groups attached to an aromatic ring is 1. The SMILES string of the molecule is CCCCCOC(=O)c1c(N)n(CCCOC(C)C)c2nc3ccccc3nc12. The van der Waals surface area contributed by atoms with E-state index < -0.39 is 5.97 Å². The van der Waals surface area contributed by atoms with Gasteiger partial charge in [-0.25, -0.2) is 14.8 Å². The Kier molecular flexibility index (Phi) is 7.04. The van der Waals surface area contributed by atoms with Gasteiger partial charge in [-0.15, -0.1) is 0 Å². The first-order valence-corrected chi connectivity index (χ1v) is 10.4. The largest absolute Gasteiger partial charge is 0.462 e. The van der Waals surface area contributed by atoms with E-state index in [1.165, 1.54) is 0 Å². The number of nitrogens with zero attached hydrogens (tertiary/aromatic N) is 3. The van der Waals surface area contributed by atoms with Crippen LogP contribution in [0.1, 0.15) is 56.8 Å². The molecule has 0 amide bonds. The number of para-hydroxylation sites is 2. The Hall–Kier alpha value is -2.67. The fourth-order valence-electron chi connectivity index (χ4n) is 3.28. The predicted octanol–water partition coefficient (Wildman–Crippen LogP) is 4.33. The van der Waals surface area contributed by atoms with E-state index in [0.717, 1.165) is 36.7 Å². The third-order valence-electron chi connectivity index (χ3n) is 4.75. The second kappa shape index (κ2) is 9.69. The molecule has 0 spiro atoms. The highest BCUT2D eigenvalue weighted by molar-refractivity contribution is 6.08. The van der Waals surface area contributed by atoms with Gasteiger partial charge in [-0.2, -0.15) is 0 Å². The summed E-state index contributed by atoms with van der Waals surface area (Å²) in [6.07, 6.45) is 3.85. The maximum absolute atomic E-state index is 12.8. The van der Waals surface area contributed by atoms with E-state index in [-0.39, 0.29) is 6.10 Å². The zero-order chi connectivity index (χ0) is 20.8. The Morgan fingerprint density at radius 1 is 1.10 bits per heavy atom. The van der Waals surface area contributed by atoms with Crippen LogP contribution in [0.5, 0.6) is 0 Å². The lowest BCUT2D eigenvalue weighted by Gasteiger charge is -2.10. The highest BCUT2D eigenvalue weighted by Gasteiger charge is 2.25. The summed E-state index contributed by atoms with van der Waals surface area (Å²) in [5.41, 5.74) is 9.28. The number of carbonyl (C=O) groups excluding carboxylic acids is 1. The van der Waals surface area contributed by atoms with E-state index in [0.29, 0.717) is 42.3 Å². The van der Waals surface area contributed by atoms with Gasteiger partial charge in [0.15, 0.2) is 5.65 Å². The number of esters is 1. The van der Waals surface area contributed by atoms with Gasteiger partial charge in [0, 0.05) is 13.2 Å². The highest BCUT2D eigenvalue weighted by atomic mass is 16.5. The maximum Gasteiger partial charge on any atom is 0.344 e. The Morgan fingerprint density at radius 3 is 2.52 bits per heavy atom. The van der Waals surface area contributed by atoms with E-state index >= 15 is 0 Å². The quantitative estimate of drug-likeness (QED) is 0.404. The summed E-state index contributed by atoms with van der Waals surface area (Å²) in [5, 5.41) is 0. The third-order valence-corrected chi connectivity index (χ3v) is 4.75. The normalized spacial score (nSPS) is 11.6. The molecule has 7 nitrogen and oxygen atoms in total. The molecule has 1 aromatic carbocycles. The number of aromatic nitrogens is 3. The summed E-state index contributed by atoms with van der Waals surface area (Å²) in [6, 6.07) is 7.59. The standard InChI is InChI=1S/C22H30N4O3/c1-4-5-8-13-29-22(27)18-19-21(25-17-11-7-6-10-16(17)24-19)26(20(18)23)12-9-14-28-15(2)3/h6-7,10-11,15H,4-5,8-9,12-14,23H2,1-3H3. The summed E-state index contributed by atoms with van der Waals surface area (Å²) >= 11 is 0. The lowest BCUT2D eigenvalue weighted by atomic mass is 10.2. The van der Waals surface area contributed by atoms with E-state index in [1.54, 1.807) is 0 Å². The minimum Gasteiger partial charge on any atom is -0.462 e. The third kappa shape index (κ3) is 4.85. The summed E-state index contributed by atoms with van der Waals surface area (Å²) in [6.45, 7) is 7.69. The van der Waals surface area contributed by atoms with Crippen LogP contribution in [0.15, 0.2) is 24.3 Å². The van der Waals surface area contributed by atoms with Gasteiger partial charge in [0.2, 0.25) is 0 Å². The molecule has 2 heterocycles. The van der Waals surface area contributed by atoms with E-state index in [4.69, 9.17) is 20.2 Å². The second-order valence-corrected chi connectivity index (χ2v) is 7.41. The molecule has 0 aliphatic rings. The summed E-state index contributed by atoms with van der Waals surface area (Å²) < 4.78 is 13.0. The molecule has 0 atom stereocenters. The summed E-state index contributed by atoms with van der Waals surface area (Å²) in [5.74, 6) is -0.0919. The van der Waals surface area contributed by atoms with Gasteiger partial charge < -0.3 is 19.8 Å². The zero-order valence-corrected chi connectivity index (χ0v) is 17.5. The van der Waals surface area contributed by atoms with Crippen LogP contribution in [0.3, 0.4) is 0 Å². The Bertz CT molecular complexity index is 981. The smallest absolute Gasteiger partial charge is 0.344 e. The summed E-state index contributed by atoms with van der Waals surface area (Å²) in [7, 11) is 0. The maximum atomic E-state index is 12.8. The van der Waals surface area contributed by atoms with Crippen LogP contribution in [0.25, 0.3) is 22.2 Å². The first kappa shape index (κ1) is 21.0. The Morgan fingerprint density at radius 2 is 1.83 bits per heavy atom. The molecule has 0 fully saturated rings. The number of carbonyl (C=O) groups is 1. The molecule has 2 aromatic heterocycles. The van der Waals surface area contributed by atoms with Crippen LogP contribution in [0, 0.1) is 0 Å². The van der Waals surface area contributed by atoms with Crippen molar-refractivity contribution >= 4 is 34.0 Å². The van der Waals surface area contributed by atoms with Crippen molar-refractivity contribution in [1.82, 2.24) is 14.5 Å². The van der Waals surface area contributed by atoms with E-state index in [9.17, 15) is 4.79 Å². The molecule has 0 radical (unpaired) electrons. The Balaban J connectivity index is 1.96. The second-order valence-electron chi connectivity index (χ2n) is 7.41. The molecule has 29 heavy (non-hydrogen) atoms. The van der Waals surface area contributed by atoms with Gasteiger partial charge in [0.05, 0.1) is 23.7 Å². The lowest BCUT2D eigenvalue weighted by Crippen LogP contribution is -2.12. The minimum absolute atomic E-state index is 0.172. The van der Waals surface area contributed by atoms with Crippen molar-refractivity contribution in [3.63, 3.8) is 0 Å². The number of fused-ring (bicyclic) bond motifs is 2. The van der Waals surface area contributed by atoms with Crippen molar-refractivity contribution in [3.05, 3.63) is 29.8 Å². The number of benzene rings is 1. The highest BCUT2D eigenvalue weighted by Crippen LogP contribution is 2.29. The van der Waals surface area contributed by atoms with E-state index in [2.05, 4.69) is 11.9 Å². The van der Waals surface area contributed by atoms with Gasteiger partial charge in [0.25, 0.3) is 0 Å². The van der Waals surface area contributed by atoms with Gasteiger partial charge in [0.1, 0.15) is 16.9 Å². The van der Waals surface area contributed by atoms with Crippen molar-refractivity contribution in [3.8, 4) is 0 Å². The van der Waals surface area contributed by atoms with Crippen molar-refractivity contribution in [2.24, 2.45) is 0 Å². The molecular weight excluding hydrogens is 368 g/mol. The Labute approximate surface area is 171 Å². The van der Waals surface area contributed by atoms with Gasteiger partial charge in [-0.05, 0) is 38.8 Å². The molecule has 0 aliphatic carbocycles. The van der Waals surface area contributed by atoms with Crippen molar-refractivity contribution in [2.45, 2.75) is 59.1 Å².